The quantitative estimate of drug-likeness (QED) is 0.250. The summed E-state index contributed by atoms with van der Waals surface area (Å²) in [6.45, 7) is 4.87. The summed E-state index contributed by atoms with van der Waals surface area (Å²) in [6, 6.07) is 13.4. The van der Waals surface area contributed by atoms with Crippen molar-refractivity contribution in [3.63, 3.8) is 0 Å². The van der Waals surface area contributed by atoms with Gasteiger partial charge in [-0.05, 0) is 49.4 Å². The maximum atomic E-state index is 14.0. The highest BCUT2D eigenvalue weighted by Crippen LogP contribution is 2.48. The van der Waals surface area contributed by atoms with E-state index in [0.717, 1.165) is 29.7 Å². The number of carbonyl (C=O) groups is 2. The molecular weight excluding hydrogens is 510 g/mol. The molecule has 2 aromatic rings. The van der Waals surface area contributed by atoms with Crippen molar-refractivity contribution >= 4 is 17.5 Å². The summed E-state index contributed by atoms with van der Waals surface area (Å²) in [5.74, 6) is 0.271. The second-order valence-corrected chi connectivity index (χ2v) is 10.1. The van der Waals surface area contributed by atoms with E-state index in [0.29, 0.717) is 48.0 Å². The van der Waals surface area contributed by atoms with Crippen LogP contribution in [0.1, 0.15) is 62.5 Å². The Hall–Kier alpha value is -3.65. The Bertz CT molecular complexity index is 1280. The molecule has 8 nitrogen and oxygen atoms in total. The summed E-state index contributed by atoms with van der Waals surface area (Å²) in [5.41, 5.74) is 3.51. The minimum absolute atomic E-state index is 0.0350. The fraction of sp³-hybridized carbons (Fsp3) is 0.469. The average Bonchev–Trinajstić information content (AvgIpc) is 2.96. The van der Waals surface area contributed by atoms with Crippen LogP contribution in [-0.4, -0.2) is 58.6 Å². The van der Waals surface area contributed by atoms with E-state index in [4.69, 9.17) is 28.7 Å². The summed E-state index contributed by atoms with van der Waals surface area (Å²) in [5, 5.41) is 0. The number of carbonyl (C=O) groups excluding carboxylic acids is 2. The van der Waals surface area contributed by atoms with E-state index in [-0.39, 0.29) is 24.9 Å². The molecule has 40 heavy (non-hydrogen) atoms. The van der Waals surface area contributed by atoms with Gasteiger partial charge < -0.3 is 23.7 Å². The Morgan fingerprint density at radius 3 is 2.42 bits per heavy atom. The number of hydrogen-bond donors (Lipinski definition) is 0. The zero-order chi connectivity index (χ0) is 28.6. The third kappa shape index (κ3) is 6.22. The van der Waals surface area contributed by atoms with Crippen molar-refractivity contribution in [2.75, 3.05) is 41.2 Å². The van der Waals surface area contributed by atoms with Crippen LogP contribution >= 0.6 is 0 Å². The normalized spacial score (nSPS) is 20.5. The zero-order valence-corrected chi connectivity index (χ0v) is 24.0. The molecule has 2 aromatic carbocycles. The van der Waals surface area contributed by atoms with Gasteiger partial charge in [0.1, 0.15) is 18.1 Å². The lowest BCUT2D eigenvalue weighted by atomic mass is 9.66. The number of aliphatic imine (C=N–C) groups is 1. The number of nitrogens with zero attached hydrogens (tertiary/aromatic N) is 1. The average molecular weight is 550 g/mol. The Kier molecular flexibility index (Phi) is 9.98. The molecule has 3 atom stereocenters. The van der Waals surface area contributed by atoms with Crippen LogP contribution in [0.5, 0.6) is 17.2 Å². The van der Waals surface area contributed by atoms with Crippen molar-refractivity contribution in [2.24, 2.45) is 10.9 Å². The topological polar surface area (TPSA) is 92.7 Å². The molecule has 0 aromatic heterocycles. The largest absolute Gasteiger partial charge is 0.493 e. The van der Waals surface area contributed by atoms with Crippen LogP contribution < -0.4 is 14.2 Å². The first-order chi connectivity index (χ1) is 19.4. The first-order valence-corrected chi connectivity index (χ1v) is 13.8. The Morgan fingerprint density at radius 2 is 1.70 bits per heavy atom. The fourth-order valence-corrected chi connectivity index (χ4v) is 5.61. The number of hydrogen-bond acceptors (Lipinski definition) is 8. The minimum atomic E-state index is -0.582. The van der Waals surface area contributed by atoms with Crippen molar-refractivity contribution in [2.45, 2.75) is 51.4 Å². The van der Waals surface area contributed by atoms with Crippen molar-refractivity contribution in [3.05, 3.63) is 64.9 Å². The molecule has 8 heteroatoms. The number of benzene rings is 2. The molecule has 0 amide bonds. The summed E-state index contributed by atoms with van der Waals surface area (Å²) < 4.78 is 27.7. The standard InChI is InChI=1S/C32H39NO7/c1-6-7-14-39-26-11-9-8-10-23(26)30-29(32(35)40-16-15-36-3)20(2)33-24-17-22(18-25(34)31(24)30)21-12-13-27(37-4)28(19-21)38-5/h8-13,19,22,30-31H,6-7,14-18H2,1-5H3/t22-,30-,31?/m0/s1. The highest BCUT2D eigenvalue weighted by atomic mass is 16.6. The predicted octanol–water partition coefficient (Wildman–Crippen LogP) is 5.65. The molecule has 0 radical (unpaired) electrons. The van der Waals surface area contributed by atoms with Gasteiger partial charge in [0.15, 0.2) is 11.5 Å². The van der Waals surface area contributed by atoms with Crippen LogP contribution in [0, 0.1) is 5.92 Å². The summed E-state index contributed by atoms with van der Waals surface area (Å²) >= 11 is 0. The monoisotopic (exact) mass is 549 g/mol. The number of ether oxygens (including phenoxy) is 5. The van der Waals surface area contributed by atoms with Gasteiger partial charge in [-0.25, -0.2) is 4.79 Å². The number of esters is 1. The zero-order valence-electron chi connectivity index (χ0n) is 24.0. The molecule has 1 fully saturated rings. The van der Waals surface area contributed by atoms with Crippen molar-refractivity contribution in [1.29, 1.82) is 0 Å². The molecule has 0 N–H and O–H groups in total. The van der Waals surface area contributed by atoms with Gasteiger partial charge in [0.05, 0.1) is 38.9 Å². The van der Waals surface area contributed by atoms with E-state index in [1.165, 1.54) is 0 Å². The highest BCUT2D eigenvalue weighted by molar-refractivity contribution is 6.12. The fourth-order valence-electron chi connectivity index (χ4n) is 5.61. The SMILES string of the molecule is CCCCOc1ccccc1[C@H]1C(C(=O)OCCOC)=C(C)N=C2C[C@H](c3ccc(OC)c(OC)c3)CC(=O)C21. The first-order valence-electron chi connectivity index (χ1n) is 13.8. The van der Waals surface area contributed by atoms with Gasteiger partial charge in [-0.2, -0.15) is 0 Å². The van der Waals surface area contributed by atoms with Gasteiger partial charge >= 0.3 is 5.97 Å². The maximum absolute atomic E-state index is 14.0. The van der Waals surface area contributed by atoms with Gasteiger partial charge in [0, 0.05) is 36.4 Å². The molecule has 1 aliphatic heterocycles. The molecule has 1 aliphatic carbocycles. The smallest absolute Gasteiger partial charge is 0.336 e. The number of allylic oxidation sites excluding steroid dienone is 1. The van der Waals surface area contributed by atoms with Gasteiger partial charge in [0.2, 0.25) is 0 Å². The van der Waals surface area contributed by atoms with Crippen LogP contribution in [0.2, 0.25) is 0 Å². The van der Waals surface area contributed by atoms with Gasteiger partial charge in [-0.1, -0.05) is 37.6 Å². The Morgan fingerprint density at radius 1 is 0.925 bits per heavy atom. The molecule has 1 saturated carbocycles. The number of unbranched alkanes of at least 4 members (excludes halogenated alkanes) is 1. The predicted molar refractivity (Wildman–Crippen MR) is 153 cm³/mol. The molecule has 2 aliphatic rings. The molecule has 0 bridgehead atoms. The molecular formula is C32H39NO7. The number of Topliss-reactive ketones (excluding diaryl/α,β-unsaturated/α-hetero) is 1. The third-order valence-corrected chi connectivity index (χ3v) is 7.58. The lowest BCUT2D eigenvalue weighted by Gasteiger charge is -2.38. The van der Waals surface area contributed by atoms with E-state index >= 15 is 0 Å². The van der Waals surface area contributed by atoms with Gasteiger partial charge in [-0.15, -0.1) is 0 Å². The molecule has 0 spiro atoms. The first kappa shape index (κ1) is 29.3. The van der Waals surface area contributed by atoms with Crippen LogP contribution in [0.15, 0.2) is 58.7 Å². The number of rotatable bonds is 12. The molecule has 0 saturated heterocycles. The van der Waals surface area contributed by atoms with Gasteiger partial charge in [0.25, 0.3) is 0 Å². The molecule has 1 unspecified atom stereocenters. The molecule has 214 valence electrons. The number of para-hydroxylation sites is 1. The van der Waals surface area contributed by atoms with Crippen molar-refractivity contribution < 1.29 is 33.3 Å². The second kappa shape index (κ2) is 13.6. The van der Waals surface area contributed by atoms with E-state index in [2.05, 4.69) is 6.92 Å². The van der Waals surface area contributed by atoms with E-state index in [1.54, 1.807) is 21.3 Å². The second-order valence-electron chi connectivity index (χ2n) is 10.1. The van der Waals surface area contributed by atoms with Crippen LogP contribution in [0.4, 0.5) is 0 Å². The Balaban J connectivity index is 1.75. The summed E-state index contributed by atoms with van der Waals surface area (Å²) in [6.07, 6.45) is 2.81. The summed E-state index contributed by atoms with van der Waals surface area (Å²) in [7, 11) is 4.75. The number of ketones is 1. The van der Waals surface area contributed by atoms with E-state index in [9.17, 15) is 9.59 Å². The number of fused-ring (bicyclic) bond motifs is 1. The highest BCUT2D eigenvalue weighted by Gasteiger charge is 2.47. The third-order valence-electron chi connectivity index (χ3n) is 7.58. The molecule has 4 rings (SSSR count). The number of methoxy groups -OCH3 is 3. The van der Waals surface area contributed by atoms with Crippen molar-refractivity contribution in [1.82, 2.24) is 0 Å². The van der Waals surface area contributed by atoms with Crippen LogP contribution in [0.3, 0.4) is 0 Å². The van der Waals surface area contributed by atoms with Gasteiger partial charge in [-0.3, -0.25) is 9.79 Å². The van der Waals surface area contributed by atoms with Crippen LogP contribution in [0.25, 0.3) is 0 Å². The van der Waals surface area contributed by atoms with E-state index in [1.807, 2.05) is 49.4 Å². The summed E-state index contributed by atoms with van der Waals surface area (Å²) in [4.78, 5) is 32.3. The van der Waals surface area contributed by atoms with E-state index < -0.39 is 17.8 Å². The molecule has 1 heterocycles. The maximum Gasteiger partial charge on any atom is 0.336 e. The van der Waals surface area contributed by atoms with Crippen molar-refractivity contribution in [3.8, 4) is 17.2 Å². The lowest BCUT2D eigenvalue weighted by Crippen LogP contribution is -2.41. The lowest BCUT2D eigenvalue weighted by molar-refractivity contribution is -0.140. The minimum Gasteiger partial charge on any atom is -0.493 e. The van der Waals surface area contributed by atoms with Crippen LogP contribution in [-0.2, 0) is 19.1 Å². The Labute approximate surface area is 236 Å².